The summed E-state index contributed by atoms with van der Waals surface area (Å²) in [6.07, 6.45) is 0.965. The first-order chi connectivity index (χ1) is 9.04. The van der Waals surface area contributed by atoms with E-state index in [0.29, 0.717) is 24.0 Å². The smallest absolute Gasteiger partial charge is 0.281 e. The Balaban J connectivity index is 2.77. The quantitative estimate of drug-likeness (QED) is 0.278. The summed E-state index contributed by atoms with van der Waals surface area (Å²) in [5.74, 6) is 6.19. The zero-order valence-electron chi connectivity index (χ0n) is 10.2. The first-order valence-corrected chi connectivity index (χ1v) is 6.39. The number of nitro groups is 1. The van der Waals surface area contributed by atoms with Gasteiger partial charge in [-0.3, -0.25) is 19.7 Å². The van der Waals surface area contributed by atoms with E-state index in [2.05, 4.69) is 11.8 Å². The number of nitrogens with zero attached hydrogens (tertiary/aromatic N) is 1. The molecule has 0 heterocycles. The van der Waals surface area contributed by atoms with Crippen LogP contribution in [0.2, 0.25) is 0 Å². The lowest BCUT2D eigenvalue weighted by Crippen LogP contribution is -1.94. The molecule has 1 rings (SSSR count). The number of nitro benzene ring substituents is 1. The van der Waals surface area contributed by atoms with Crippen molar-refractivity contribution < 1.29 is 14.5 Å². The summed E-state index contributed by atoms with van der Waals surface area (Å²) < 4.78 is 0. The van der Waals surface area contributed by atoms with Gasteiger partial charge in [0.25, 0.3) is 5.69 Å². The van der Waals surface area contributed by atoms with Gasteiger partial charge in [0.1, 0.15) is 0 Å². The molecule has 0 fully saturated rings. The van der Waals surface area contributed by atoms with Crippen molar-refractivity contribution >= 4 is 28.9 Å². The van der Waals surface area contributed by atoms with E-state index in [1.807, 2.05) is 0 Å². The van der Waals surface area contributed by atoms with E-state index in [0.717, 1.165) is 0 Å². The predicted molar refractivity (Wildman–Crippen MR) is 73.1 cm³/mol. The number of carbonyl (C=O) groups is 2. The van der Waals surface area contributed by atoms with Crippen molar-refractivity contribution in [3.05, 3.63) is 39.4 Å². The molecule has 0 spiro atoms. The lowest BCUT2D eigenvalue weighted by Gasteiger charge is -1.96. The standard InChI is InChI=1S/C13H11NO4S/c1-10(16)19-7-3-2-4-11-5-6-12(9-15)13(8-11)14(17)18/h5-6,8-9H,3,7H2,1H3. The second kappa shape index (κ2) is 7.34. The van der Waals surface area contributed by atoms with Gasteiger partial charge in [-0.25, -0.2) is 0 Å². The predicted octanol–water partition coefficient (Wildman–Crippen LogP) is 2.43. The van der Waals surface area contributed by atoms with E-state index >= 15 is 0 Å². The molecule has 1 aromatic carbocycles. The Morgan fingerprint density at radius 2 is 2.26 bits per heavy atom. The SMILES string of the molecule is CC(=O)SCCC#Cc1ccc(C=O)c([N+](=O)[O-])c1. The van der Waals surface area contributed by atoms with Crippen LogP contribution in [0.5, 0.6) is 0 Å². The molecule has 19 heavy (non-hydrogen) atoms. The van der Waals surface area contributed by atoms with Gasteiger partial charge in [0.2, 0.25) is 0 Å². The monoisotopic (exact) mass is 277 g/mol. The van der Waals surface area contributed by atoms with Crippen molar-refractivity contribution in [3.8, 4) is 11.8 Å². The van der Waals surface area contributed by atoms with E-state index in [1.54, 1.807) is 6.07 Å². The molecule has 6 heteroatoms. The molecule has 0 bridgehead atoms. The highest BCUT2D eigenvalue weighted by Gasteiger charge is 2.12. The zero-order chi connectivity index (χ0) is 14.3. The van der Waals surface area contributed by atoms with Crippen LogP contribution in [0.25, 0.3) is 0 Å². The Labute approximate surface area is 114 Å². The molecule has 0 aliphatic heterocycles. The number of rotatable bonds is 4. The van der Waals surface area contributed by atoms with Crippen molar-refractivity contribution in [2.75, 3.05) is 5.75 Å². The highest BCUT2D eigenvalue weighted by atomic mass is 32.2. The first kappa shape index (κ1) is 14.9. The van der Waals surface area contributed by atoms with Gasteiger partial charge in [0.15, 0.2) is 11.4 Å². The molecule has 0 N–H and O–H groups in total. The topological polar surface area (TPSA) is 77.3 Å². The molecule has 98 valence electrons. The number of benzene rings is 1. The maximum atomic E-state index is 10.7. The van der Waals surface area contributed by atoms with Gasteiger partial charge in [-0.2, -0.15) is 0 Å². The van der Waals surface area contributed by atoms with Crippen molar-refractivity contribution in [3.63, 3.8) is 0 Å². The van der Waals surface area contributed by atoms with E-state index in [9.17, 15) is 19.7 Å². The van der Waals surface area contributed by atoms with Crippen molar-refractivity contribution in [1.82, 2.24) is 0 Å². The maximum Gasteiger partial charge on any atom is 0.281 e. The average Bonchev–Trinajstić information content (AvgIpc) is 2.37. The summed E-state index contributed by atoms with van der Waals surface area (Å²) in [4.78, 5) is 31.4. The average molecular weight is 277 g/mol. The third kappa shape index (κ3) is 4.94. The van der Waals surface area contributed by atoms with Gasteiger partial charge < -0.3 is 0 Å². The third-order valence-electron chi connectivity index (χ3n) is 2.12. The molecule has 0 amide bonds. The molecule has 0 atom stereocenters. The molecule has 0 saturated carbocycles. The Hall–Kier alpha value is -2.13. The summed E-state index contributed by atoms with van der Waals surface area (Å²) in [6, 6.07) is 4.20. The number of aldehydes is 1. The second-order valence-electron chi connectivity index (χ2n) is 3.54. The highest BCUT2D eigenvalue weighted by molar-refractivity contribution is 8.13. The van der Waals surface area contributed by atoms with E-state index in [1.165, 1.54) is 30.8 Å². The van der Waals surface area contributed by atoms with Crippen LogP contribution in [0.1, 0.15) is 29.3 Å². The summed E-state index contributed by atoms with van der Waals surface area (Å²) in [5, 5.41) is 10.8. The molecular weight excluding hydrogens is 266 g/mol. The molecule has 0 radical (unpaired) electrons. The van der Waals surface area contributed by atoms with E-state index in [-0.39, 0.29) is 16.4 Å². The number of carbonyl (C=O) groups excluding carboxylic acids is 2. The molecule has 0 aromatic heterocycles. The first-order valence-electron chi connectivity index (χ1n) is 5.40. The summed E-state index contributed by atoms with van der Waals surface area (Å²) in [5.41, 5.74) is 0.257. The van der Waals surface area contributed by atoms with Crippen molar-refractivity contribution in [2.24, 2.45) is 0 Å². The van der Waals surface area contributed by atoms with Gasteiger partial charge in [-0.15, -0.1) is 0 Å². The molecular formula is C13H11NO4S. The van der Waals surface area contributed by atoms with Crippen LogP contribution in [0.3, 0.4) is 0 Å². The van der Waals surface area contributed by atoms with Crippen LogP contribution < -0.4 is 0 Å². The van der Waals surface area contributed by atoms with Crippen LogP contribution >= 0.6 is 11.8 Å². The maximum absolute atomic E-state index is 10.7. The molecule has 5 nitrogen and oxygen atoms in total. The van der Waals surface area contributed by atoms with Crippen LogP contribution in [0.15, 0.2) is 18.2 Å². The molecule has 1 aromatic rings. The number of thioether (sulfide) groups is 1. The van der Waals surface area contributed by atoms with Gasteiger partial charge in [-0.05, 0) is 12.1 Å². The third-order valence-corrected chi connectivity index (χ3v) is 2.93. The lowest BCUT2D eigenvalue weighted by atomic mass is 10.1. The van der Waals surface area contributed by atoms with E-state index in [4.69, 9.17) is 0 Å². The minimum atomic E-state index is -0.611. The van der Waals surface area contributed by atoms with Gasteiger partial charge in [0.05, 0.1) is 10.5 Å². The zero-order valence-corrected chi connectivity index (χ0v) is 11.0. The summed E-state index contributed by atoms with van der Waals surface area (Å²) >= 11 is 1.18. The normalized spacial score (nSPS) is 9.32. The Bertz CT molecular complexity index is 572. The number of hydrogen-bond acceptors (Lipinski definition) is 5. The fourth-order valence-corrected chi connectivity index (χ4v) is 1.78. The van der Waals surface area contributed by atoms with Crippen molar-refractivity contribution in [2.45, 2.75) is 13.3 Å². The molecule has 0 saturated heterocycles. The largest absolute Gasteiger partial charge is 0.298 e. The fraction of sp³-hybridized carbons (Fsp3) is 0.231. The Morgan fingerprint density at radius 1 is 1.53 bits per heavy atom. The van der Waals surface area contributed by atoms with Gasteiger partial charge in [0, 0.05) is 30.7 Å². The molecule has 0 aliphatic carbocycles. The van der Waals surface area contributed by atoms with Crippen LogP contribution in [-0.2, 0) is 4.79 Å². The molecule has 0 aliphatic rings. The Kier molecular flexibility index (Phi) is 5.76. The minimum absolute atomic E-state index is 0.0303. The van der Waals surface area contributed by atoms with Gasteiger partial charge >= 0.3 is 0 Å². The highest BCUT2D eigenvalue weighted by Crippen LogP contribution is 2.18. The summed E-state index contributed by atoms with van der Waals surface area (Å²) in [6.45, 7) is 1.49. The number of hydrogen-bond donors (Lipinski definition) is 0. The van der Waals surface area contributed by atoms with Crippen LogP contribution in [-0.4, -0.2) is 22.1 Å². The lowest BCUT2D eigenvalue weighted by molar-refractivity contribution is -0.385. The second-order valence-corrected chi connectivity index (χ2v) is 4.81. The fourth-order valence-electron chi connectivity index (χ4n) is 1.29. The van der Waals surface area contributed by atoms with Crippen molar-refractivity contribution in [1.29, 1.82) is 0 Å². The molecule has 0 unspecified atom stereocenters. The van der Waals surface area contributed by atoms with Gasteiger partial charge in [-0.1, -0.05) is 23.6 Å². The Morgan fingerprint density at radius 3 is 2.84 bits per heavy atom. The van der Waals surface area contributed by atoms with Crippen LogP contribution in [0.4, 0.5) is 5.69 Å². The minimum Gasteiger partial charge on any atom is -0.298 e. The van der Waals surface area contributed by atoms with E-state index < -0.39 is 4.92 Å². The van der Waals surface area contributed by atoms with Crippen LogP contribution in [0, 0.1) is 22.0 Å². The summed E-state index contributed by atoms with van der Waals surface area (Å²) in [7, 11) is 0.